The van der Waals surface area contributed by atoms with Crippen LogP contribution in [-0.2, 0) is 11.3 Å². The van der Waals surface area contributed by atoms with Crippen molar-refractivity contribution < 1.29 is 14.3 Å². The SMILES string of the molecule is COc1ccc(Cl)cc1N1CCC(NC(=O)c2cccc(NC(=O)CCn3ccnc3)c2)C1. The average Bonchev–Trinajstić information content (AvgIpc) is 3.50. The van der Waals surface area contributed by atoms with Crippen LogP contribution in [0, 0.1) is 0 Å². The molecule has 1 atom stereocenters. The number of nitrogens with zero attached hydrogens (tertiary/aromatic N) is 3. The molecule has 0 bridgehead atoms. The topological polar surface area (TPSA) is 88.5 Å². The number of hydrogen-bond acceptors (Lipinski definition) is 5. The summed E-state index contributed by atoms with van der Waals surface area (Å²) in [5, 5.41) is 6.59. The number of benzene rings is 2. The van der Waals surface area contributed by atoms with Gasteiger partial charge in [-0.2, -0.15) is 0 Å². The zero-order valence-corrected chi connectivity index (χ0v) is 19.1. The monoisotopic (exact) mass is 467 g/mol. The minimum atomic E-state index is -0.172. The van der Waals surface area contributed by atoms with E-state index in [1.165, 1.54) is 0 Å². The zero-order valence-electron chi connectivity index (χ0n) is 18.3. The van der Waals surface area contributed by atoms with Crippen molar-refractivity contribution in [3.63, 3.8) is 0 Å². The molecule has 2 heterocycles. The number of hydrogen-bond donors (Lipinski definition) is 2. The standard InChI is InChI=1S/C24H26ClN5O3/c1-33-22-6-5-18(25)14-21(22)30-11-7-20(15-30)28-24(32)17-3-2-4-19(13-17)27-23(31)8-10-29-12-9-26-16-29/h2-6,9,12-14,16,20H,7-8,10-11,15H2,1H3,(H,27,31)(H,28,32). The molecule has 1 unspecified atom stereocenters. The van der Waals surface area contributed by atoms with Crippen molar-refractivity contribution in [1.82, 2.24) is 14.9 Å². The first-order valence-corrected chi connectivity index (χ1v) is 11.1. The van der Waals surface area contributed by atoms with Crippen LogP contribution in [-0.4, -0.2) is 47.6 Å². The van der Waals surface area contributed by atoms with Gasteiger partial charge in [0.2, 0.25) is 5.91 Å². The third-order valence-electron chi connectivity index (χ3n) is 5.57. The zero-order chi connectivity index (χ0) is 23.2. The lowest BCUT2D eigenvalue weighted by Gasteiger charge is -2.22. The number of rotatable bonds is 8. The lowest BCUT2D eigenvalue weighted by atomic mass is 10.1. The molecule has 2 N–H and O–H groups in total. The molecule has 1 aliphatic rings. The number of aromatic nitrogens is 2. The fourth-order valence-electron chi connectivity index (χ4n) is 3.89. The highest BCUT2D eigenvalue weighted by molar-refractivity contribution is 6.31. The van der Waals surface area contributed by atoms with Gasteiger partial charge >= 0.3 is 0 Å². The van der Waals surface area contributed by atoms with Crippen LogP contribution in [0.15, 0.2) is 61.2 Å². The van der Waals surface area contributed by atoms with E-state index >= 15 is 0 Å². The summed E-state index contributed by atoms with van der Waals surface area (Å²) in [4.78, 5) is 31.2. The third-order valence-corrected chi connectivity index (χ3v) is 5.80. The molecule has 0 radical (unpaired) electrons. The summed E-state index contributed by atoms with van der Waals surface area (Å²) in [7, 11) is 1.63. The highest BCUT2D eigenvalue weighted by atomic mass is 35.5. The van der Waals surface area contributed by atoms with E-state index in [1.807, 2.05) is 22.9 Å². The predicted molar refractivity (Wildman–Crippen MR) is 128 cm³/mol. The van der Waals surface area contributed by atoms with Crippen LogP contribution >= 0.6 is 11.6 Å². The summed E-state index contributed by atoms with van der Waals surface area (Å²) >= 11 is 6.16. The number of methoxy groups -OCH3 is 1. The van der Waals surface area contributed by atoms with Gasteiger partial charge in [-0.25, -0.2) is 4.98 Å². The summed E-state index contributed by atoms with van der Waals surface area (Å²) in [6.07, 6.45) is 6.29. The van der Waals surface area contributed by atoms with E-state index in [-0.39, 0.29) is 17.9 Å². The largest absolute Gasteiger partial charge is 0.495 e. The lowest BCUT2D eigenvalue weighted by molar-refractivity contribution is -0.116. The second-order valence-electron chi connectivity index (χ2n) is 7.90. The van der Waals surface area contributed by atoms with Crippen molar-refractivity contribution in [2.24, 2.45) is 0 Å². The Bertz CT molecular complexity index is 1120. The van der Waals surface area contributed by atoms with Gasteiger partial charge in [0.25, 0.3) is 5.91 Å². The molecule has 1 aliphatic heterocycles. The highest BCUT2D eigenvalue weighted by Gasteiger charge is 2.26. The molecule has 33 heavy (non-hydrogen) atoms. The molecular formula is C24H26ClN5O3. The number of carbonyl (C=O) groups excluding carboxylic acids is 2. The summed E-state index contributed by atoms with van der Waals surface area (Å²) < 4.78 is 7.30. The molecule has 0 saturated carbocycles. The molecule has 1 fully saturated rings. The minimum Gasteiger partial charge on any atom is -0.495 e. The van der Waals surface area contributed by atoms with E-state index in [9.17, 15) is 9.59 Å². The summed E-state index contributed by atoms with van der Waals surface area (Å²) in [5.41, 5.74) is 2.01. The van der Waals surface area contributed by atoms with Gasteiger partial charge in [-0.1, -0.05) is 17.7 Å². The Balaban J connectivity index is 1.32. The van der Waals surface area contributed by atoms with Crippen molar-refractivity contribution in [3.05, 3.63) is 71.8 Å². The van der Waals surface area contributed by atoms with Gasteiger partial charge in [-0.3, -0.25) is 9.59 Å². The summed E-state index contributed by atoms with van der Waals surface area (Å²) in [6, 6.07) is 12.5. The van der Waals surface area contributed by atoms with Crippen LogP contribution in [0.4, 0.5) is 11.4 Å². The molecule has 3 aromatic rings. The van der Waals surface area contributed by atoms with Gasteiger partial charge in [-0.15, -0.1) is 0 Å². The number of imidazole rings is 1. The molecule has 1 saturated heterocycles. The predicted octanol–water partition coefficient (Wildman–Crippen LogP) is 3.58. The van der Waals surface area contributed by atoms with Crippen LogP contribution in [0.2, 0.25) is 5.02 Å². The summed E-state index contributed by atoms with van der Waals surface area (Å²) in [6.45, 7) is 1.99. The lowest BCUT2D eigenvalue weighted by Crippen LogP contribution is -2.37. The number of carbonyl (C=O) groups is 2. The normalized spacial score (nSPS) is 15.3. The number of aryl methyl sites for hydroxylation is 1. The first kappa shape index (κ1) is 22.7. The molecule has 172 valence electrons. The average molecular weight is 468 g/mol. The maximum atomic E-state index is 12.8. The molecule has 9 heteroatoms. The molecule has 0 aliphatic carbocycles. The number of ether oxygens (including phenoxy) is 1. The van der Waals surface area contributed by atoms with Crippen molar-refractivity contribution in [2.75, 3.05) is 30.4 Å². The number of nitrogens with one attached hydrogen (secondary N) is 2. The molecule has 2 amide bonds. The van der Waals surface area contributed by atoms with E-state index < -0.39 is 0 Å². The maximum absolute atomic E-state index is 12.8. The second-order valence-corrected chi connectivity index (χ2v) is 8.34. The van der Waals surface area contributed by atoms with E-state index in [2.05, 4.69) is 20.5 Å². The van der Waals surface area contributed by atoms with E-state index in [0.29, 0.717) is 35.8 Å². The first-order valence-electron chi connectivity index (χ1n) is 10.8. The number of anilines is 2. The van der Waals surface area contributed by atoms with Gasteiger partial charge in [0, 0.05) is 60.8 Å². The fourth-order valence-corrected chi connectivity index (χ4v) is 4.05. The van der Waals surface area contributed by atoms with Crippen LogP contribution in [0.25, 0.3) is 0 Å². The van der Waals surface area contributed by atoms with Crippen LogP contribution in [0.5, 0.6) is 5.75 Å². The van der Waals surface area contributed by atoms with Crippen molar-refractivity contribution in [2.45, 2.75) is 25.4 Å². The Morgan fingerprint density at radius 2 is 2.12 bits per heavy atom. The Morgan fingerprint density at radius 1 is 1.24 bits per heavy atom. The van der Waals surface area contributed by atoms with Gasteiger partial charge < -0.3 is 24.8 Å². The maximum Gasteiger partial charge on any atom is 0.251 e. The fraction of sp³-hybridized carbons (Fsp3) is 0.292. The van der Waals surface area contributed by atoms with E-state index in [0.717, 1.165) is 24.4 Å². The number of amides is 2. The van der Waals surface area contributed by atoms with Gasteiger partial charge in [-0.05, 0) is 42.8 Å². The van der Waals surface area contributed by atoms with Gasteiger partial charge in [0.1, 0.15) is 5.75 Å². The van der Waals surface area contributed by atoms with Crippen LogP contribution in [0.1, 0.15) is 23.2 Å². The van der Waals surface area contributed by atoms with Gasteiger partial charge in [0.15, 0.2) is 0 Å². The molecule has 2 aromatic carbocycles. The smallest absolute Gasteiger partial charge is 0.251 e. The van der Waals surface area contributed by atoms with Crippen molar-refractivity contribution in [1.29, 1.82) is 0 Å². The highest BCUT2D eigenvalue weighted by Crippen LogP contribution is 2.33. The molecule has 0 spiro atoms. The van der Waals surface area contributed by atoms with Crippen LogP contribution in [0.3, 0.4) is 0 Å². The molecule has 4 rings (SSSR count). The number of halogens is 1. The Kier molecular flexibility index (Phi) is 7.14. The molecular weight excluding hydrogens is 442 g/mol. The third kappa shape index (κ3) is 5.84. The molecule has 1 aromatic heterocycles. The first-order chi connectivity index (χ1) is 16.0. The van der Waals surface area contributed by atoms with Crippen LogP contribution < -0.4 is 20.3 Å². The minimum absolute atomic E-state index is 0.00499. The Morgan fingerprint density at radius 3 is 2.91 bits per heavy atom. The molecule has 8 nitrogen and oxygen atoms in total. The van der Waals surface area contributed by atoms with Crippen molar-refractivity contribution in [3.8, 4) is 5.75 Å². The van der Waals surface area contributed by atoms with Gasteiger partial charge in [0.05, 0.1) is 19.1 Å². The van der Waals surface area contributed by atoms with E-state index in [1.54, 1.807) is 50.0 Å². The summed E-state index contributed by atoms with van der Waals surface area (Å²) in [5.74, 6) is 0.459. The Hall–Kier alpha value is -3.52. The van der Waals surface area contributed by atoms with E-state index in [4.69, 9.17) is 16.3 Å². The quantitative estimate of drug-likeness (QED) is 0.528. The Labute approximate surface area is 197 Å². The van der Waals surface area contributed by atoms with Crippen molar-refractivity contribution >= 4 is 34.8 Å². The second kappa shape index (κ2) is 10.4.